The van der Waals surface area contributed by atoms with E-state index in [9.17, 15) is 14.4 Å². The van der Waals surface area contributed by atoms with E-state index in [4.69, 9.17) is 15.6 Å². The number of nitrogens with two attached hydrogens (primary N) is 1. The zero-order chi connectivity index (χ0) is 14.3. The highest BCUT2D eigenvalue weighted by Crippen LogP contribution is 1.99. The van der Waals surface area contributed by atoms with Crippen LogP contribution in [0.1, 0.15) is 13.3 Å². The molecule has 0 aliphatic carbocycles. The van der Waals surface area contributed by atoms with Crippen LogP contribution in [-0.4, -0.2) is 60.8 Å². The molecule has 104 valence electrons. The molecular weight excluding hydrogens is 242 g/mol. The highest BCUT2D eigenvalue weighted by molar-refractivity contribution is 5.87. The van der Waals surface area contributed by atoms with Crippen LogP contribution in [0.4, 0.5) is 4.79 Å². The molecule has 0 bridgehead atoms. The van der Waals surface area contributed by atoms with Crippen molar-refractivity contribution in [1.82, 2.24) is 10.2 Å². The summed E-state index contributed by atoms with van der Waals surface area (Å²) in [5, 5.41) is 11.0. The van der Waals surface area contributed by atoms with Crippen LogP contribution in [0, 0.1) is 0 Å². The fourth-order valence-corrected chi connectivity index (χ4v) is 1.21. The Morgan fingerprint density at radius 3 is 2.39 bits per heavy atom. The molecule has 3 amide bonds. The summed E-state index contributed by atoms with van der Waals surface area (Å²) in [5.41, 5.74) is 4.90. The molecule has 2 atom stereocenters. The maximum atomic E-state index is 11.7. The summed E-state index contributed by atoms with van der Waals surface area (Å²) in [6.07, 6.45) is -0.451. The predicted molar refractivity (Wildman–Crippen MR) is 62.9 cm³/mol. The highest BCUT2D eigenvalue weighted by Gasteiger charge is 2.25. The van der Waals surface area contributed by atoms with Crippen LogP contribution in [0.3, 0.4) is 0 Å². The molecule has 0 aromatic carbocycles. The number of carbonyl (C=O) groups excluding carboxylic acids is 2. The average molecular weight is 261 g/mol. The minimum absolute atomic E-state index is 0.224. The molecule has 18 heavy (non-hydrogen) atoms. The van der Waals surface area contributed by atoms with Crippen LogP contribution >= 0.6 is 0 Å². The summed E-state index contributed by atoms with van der Waals surface area (Å²) < 4.78 is 4.88. The molecule has 0 saturated carbocycles. The number of methoxy groups -OCH3 is 1. The number of likely N-dealkylation sites (N-methyl/N-ethyl adjacent to an activating group) is 1. The molecule has 0 rings (SSSR count). The van der Waals surface area contributed by atoms with E-state index < -0.39 is 30.4 Å². The molecule has 8 nitrogen and oxygen atoms in total. The van der Waals surface area contributed by atoms with E-state index in [1.54, 1.807) is 6.92 Å². The second kappa shape index (κ2) is 7.49. The number of urea groups is 1. The van der Waals surface area contributed by atoms with E-state index in [0.717, 1.165) is 0 Å². The van der Waals surface area contributed by atoms with Crippen molar-refractivity contribution in [2.24, 2.45) is 5.73 Å². The fraction of sp³-hybridized carbons (Fsp3) is 0.700. The van der Waals surface area contributed by atoms with Crippen LogP contribution < -0.4 is 11.1 Å². The Bertz CT molecular complexity index is 321. The summed E-state index contributed by atoms with van der Waals surface area (Å²) in [6, 6.07) is -2.15. The van der Waals surface area contributed by atoms with Gasteiger partial charge < -0.3 is 25.8 Å². The van der Waals surface area contributed by atoms with Crippen molar-refractivity contribution in [2.45, 2.75) is 25.4 Å². The van der Waals surface area contributed by atoms with Gasteiger partial charge in [-0.05, 0) is 6.92 Å². The largest absolute Gasteiger partial charge is 0.480 e. The number of carboxylic acid groups (broad SMARTS) is 1. The Kier molecular flexibility index (Phi) is 6.73. The number of carboxylic acids is 1. The number of nitrogens with one attached hydrogen (secondary N) is 1. The second-order valence-electron chi connectivity index (χ2n) is 3.93. The monoisotopic (exact) mass is 261 g/mol. The number of aliphatic carboxylic acids is 1. The Morgan fingerprint density at radius 1 is 1.44 bits per heavy atom. The van der Waals surface area contributed by atoms with Crippen molar-refractivity contribution in [3.63, 3.8) is 0 Å². The molecule has 0 radical (unpaired) electrons. The smallest absolute Gasteiger partial charge is 0.326 e. The van der Waals surface area contributed by atoms with Gasteiger partial charge >= 0.3 is 12.0 Å². The standard InChI is InChI=1S/C10H19N3O5/c1-6(5-18-3)13(2)10(17)12-7(9(15)16)4-8(11)14/h6-7H,4-5H2,1-3H3,(H2,11,14)(H,12,17)(H,15,16). The maximum absolute atomic E-state index is 11.7. The van der Waals surface area contributed by atoms with E-state index in [2.05, 4.69) is 5.32 Å². The lowest BCUT2D eigenvalue weighted by Gasteiger charge is -2.26. The molecule has 0 saturated heterocycles. The zero-order valence-electron chi connectivity index (χ0n) is 10.7. The molecule has 8 heteroatoms. The van der Waals surface area contributed by atoms with Gasteiger partial charge in [-0.2, -0.15) is 0 Å². The summed E-state index contributed by atoms with van der Waals surface area (Å²) in [6.45, 7) is 2.06. The minimum Gasteiger partial charge on any atom is -0.480 e. The van der Waals surface area contributed by atoms with Crippen LogP contribution in [-0.2, 0) is 14.3 Å². The van der Waals surface area contributed by atoms with E-state index in [1.807, 2.05) is 0 Å². The molecule has 0 fully saturated rings. The van der Waals surface area contributed by atoms with Gasteiger partial charge in [0.15, 0.2) is 0 Å². The third kappa shape index (κ3) is 5.48. The van der Waals surface area contributed by atoms with Gasteiger partial charge in [0.25, 0.3) is 0 Å². The third-order valence-corrected chi connectivity index (χ3v) is 2.39. The van der Waals surface area contributed by atoms with Crippen molar-refractivity contribution >= 4 is 17.9 Å². The molecule has 0 aliphatic rings. The number of ether oxygens (including phenoxy) is 1. The van der Waals surface area contributed by atoms with Crippen molar-refractivity contribution < 1.29 is 24.2 Å². The van der Waals surface area contributed by atoms with Crippen LogP contribution in [0.2, 0.25) is 0 Å². The number of hydrogen-bond acceptors (Lipinski definition) is 4. The van der Waals surface area contributed by atoms with Gasteiger partial charge in [0.2, 0.25) is 5.91 Å². The van der Waals surface area contributed by atoms with Gasteiger partial charge in [-0.15, -0.1) is 0 Å². The lowest BCUT2D eigenvalue weighted by molar-refractivity contribution is -0.141. The first kappa shape index (κ1) is 16.2. The Hall–Kier alpha value is -1.83. The third-order valence-electron chi connectivity index (χ3n) is 2.39. The molecule has 0 aromatic heterocycles. The number of nitrogens with zero attached hydrogens (tertiary/aromatic N) is 1. The highest BCUT2D eigenvalue weighted by atomic mass is 16.5. The fourth-order valence-electron chi connectivity index (χ4n) is 1.21. The molecule has 0 aromatic rings. The zero-order valence-corrected chi connectivity index (χ0v) is 10.7. The lowest BCUT2D eigenvalue weighted by atomic mass is 10.2. The summed E-state index contributed by atoms with van der Waals surface area (Å²) >= 11 is 0. The van der Waals surface area contributed by atoms with Gasteiger partial charge in [0, 0.05) is 14.2 Å². The Labute approximate surface area is 105 Å². The van der Waals surface area contributed by atoms with E-state index in [1.165, 1.54) is 19.1 Å². The topological polar surface area (TPSA) is 122 Å². The molecular formula is C10H19N3O5. The van der Waals surface area contributed by atoms with Gasteiger partial charge in [-0.3, -0.25) is 4.79 Å². The first-order chi connectivity index (χ1) is 8.29. The van der Waals surface area contributed by atoms with Gasteiger partial charge in [0.05, 0.1) is 19.1 Å². The van der Waals surface area contributed by atoms with Crippen LogP contribution in [0.25, 0.3) is 0 Å². The van der Waals surface area contributed by atoms with Gasteiger partial charge in [-0.1, -0.05) is 0 Å². The lowest BCUT2D eigenvalue weighted by Crippen LogP contribution is -2.51. The molecule has 0 aliphatic heterocycles. The molecule has 0 spiro atoms. The van der Waals surface area contributed by atoms with Crippen LogP contribution in [0.15, 0.2) is 0 Å². The summed E-state index contributed by atoms with van der Waals surface area (Å²) in [5.74, 6) is -2.11. The van der Waals surface area contributed by atoms with E-state index >= 15 is 0 Å². The van der Waals surface area contributed by atoms with E-state index in [0.29, 0.717) is 6.61 Å². The maximum Gasteiger partial charge on any atom is 0.326 e. The normalized spacial score (nSPS) is 13.5. The van der Waals surface area contributed by atoms with E-state index in [-0.39, 0.29) is 6.04 Å². The number of primary amides is 1. The van der Waals surface area contributed by atoms with Crippen LogP contribution in [0.5, 0.6) is 0 Å². The van der Waals surface area contributed by atoms with Gasteiger partial charge in [-0.25, -0.2) is 9.59 Å². The molecule has 0 heterocycles. The average Bonchev–Trinajstić information content (AvgIpc) is 2.26. The quantitative estimate of drug-likeness (QED) is 0.542. The summed E-state index contributed by atoms with van der Waals surface area (Å²) in [7, 11) is 3.00. The van der Waals surface area contributed by atoms with Crippen molar-refractivity contribution in [3.05, 3.63) is 0 Å². The second-order valence-corrected chi connectivity index (χ2v) is 3.93. The number of carbonyl (C=O) groups is 3. The Balaban J connectivity index is 4.49. The predicted octanol–water partition coefficient (Wildman–Crippen LogP) is -1.01. The van der Waals surface area contributed by atoms with Crippen molar-refractivity contribution in [1.29, 1.82) is 0 Å². The minimum atomic E-state index is -1.33. The molecule has 2 unspecified atom stereocenters. The van der Waals surface area contributed by atoms with Crippen molar-refractivity contribution in [2.75, 3.05) is 20.8 Å². The SMILES string of the molecule is COCC(C)N(C)C(=O)NC(CC(N)=O)C(=O)O. The summed E-state index contributed by atoms with van der Waals surface area (Å²) in [4.78, 5) is 34.5. The number of hydrogen-bond donors (Lipinski definition) is 3. The molecule has 4 N–H and O–H groups in total. The first-order valence-electron chi connectivity index (χ1n) is 5.33. The van der Waals surface area contributed by atoms with Gasteiger partial charge in [0.1, 0.15) is 6.04 Å². The van der Waals surface area contributed by atoms with Crippen molar-refractivity contribution in [3.8, 4) is 0 Å². The number of rotatable bonds is 7. The first-order valence-corrected chi connectivity index (χ1v) is 5.33. The Morgan fingerprint density at radius 2 is 2.00 bits per heavy atom. The number of amides is 3.